The summed E-state index contributed by atoms with van der Waals surface area (Å²) in [5.41, 5.74) is 2.65. The van der Waals surface area contributed by atoms with Crippen LogP contribution >= 0.6 is 24.0 Å². The van der Waals surface area contributed by atoms with Gasteiger partial charge in [0, 0.05) is 59.2 Å². The standard InChI is InChI=1S/C21H30N6O.HI/c1-4-17-5-7-18(8-6-17)9-10-24-21(22-2)27-15-13-26(14-16-27)19-20(28)25(3)12-11-23-19;/h5-8,11-12H,4,9-10,13-16H2,1-3H3,(H,22,24);1H. The predicted molar refractivity (Wildman–Crippen MR) is 130 cm³/mol. The number of aliphatic imine (C=N–C) groups is 1. The number of piperazine rings is 1. The molecule has 158 valence electrons. The molecule has 0 atom stereocenters. The number of rotatable bonds is 5. The molecule has 1 aromatic heterocycles. The first kappa shape index (κ1) is 23.2. The Kier molecular flexibility index (Phi) is 8.94. The predicted octanol–water partition coefficient (Wildman–Crippen LogP) is 1.90. The molecule has 2 heterocycles. The lowest BCUT2D eigenvalue weighted by atomic mass is 10.1. The second kappa shape index (κ2) is 11.2. The molecular formula is C21H31IN6O. The largest absolute Gasteiger partial charge is 0.356 e. The van der Waals surface area contributed by atoms with Crippen LogP contribution in [0.25, 0.3) is 0 Å². The molecule has 1 fully saturated rings. The van der Waals surface area contributed by atoms with E-state index in [0.717, 1.165) is 51.5 Å². The van der Waals surface area contributed by atoms with Gasteiger partial charge in [-0.2, -0.15) is 0 Å². The average Bonchev–Trinajstić information content (AvgIpc) is 2.74. The van der Waals surface area contributed by atoms with E-state index in [4.69, 9.17) is 0 Å². The molecule has 0 aliphatic carbocycles. The van der Waals surface area contributed by atoms with Crippen LogP contribution in [0.5, 0.6) is 0 Å². The number of nitrogens with zero attached hydrogens (tertiary/aromatic N) is 5. The third-order valence-corrected chi connectivity index (χ3v) is 5.22. The van der Waals surface area contributed by atoms with Crippen molar-refractivity contribution in [3.05, 3.63) is 58.1 Å². The van der Waals surface area contributed by atoms with Crippen molar-refractivity contribution in [2.45, 2.75) is 19.8 Å². The van der Waals surface area contributed by atoms with Gasteiger partial charge < -0.3 is 19.7 Å². The van der Waals surface area contributed by atoms with Gasteiger partial charge in [-0.1, -0.05) is 31.2 Å². The number of benzene rings is 1. The minimum absolute atomic E-state index is 0. The van der Waals surface area contributed by atoms with Crippen molar-refractivity contribution in [1.82, 2.24) is 19.8 Å². The van der Waals surface area contributed by atoms with Gasteiger partial charge in [-0.15, -0.1) is 24.0 Å². The molecule has 1 aliphatic heterocycles. The quantitative estimate of drug-likeness (QED) is 0.378. The molecule has 2 aromatic rings. The van der Waals surface area contributed by atoms with Crippen molar-refractivity contribution >= 4 is 35.8 Å². The van der Waals surface area contributed by atoms with E-state index < -0.39 is 0 Å². The van der Waals surface area contributed by atoms with Crippen molar-refractivity contribution in [3.63, 3.8) is 0 Å². The van der Waals surface area contributed by atoms with Crippen molar-refractivity contribution in [3.8, 4) is 0 Å². The number of guanidine groups is 1. The molecule has 1 aromatic carbocycles. The summed E-state index contributed by atoms with van der Waals surface area (Å²) in [6.07, 6.45) is 5.40. The summed E-state index contributed by atoms with van der Waals surface area (Å²) in [5, 5.41) is 3.47. The normalized spacial score (nSPS) is 14.5. The van der Waals surface area contributed by atoms with Gasteiger partial charge in [0.05, 0.1) is 0 Å². The zero-order valence-corrected chi connectivity index (χ0v) is 19.8. The number of anilines is 1. The van der Waals surface area contributed by atoms with Crippen molar-refractivity contribution in [2.24, 2.45) is 12.0 Å². The van der Waals surface area contributed by atoms with E-state index in [1.807, 2.05) is 7.05 Å². The molecule has 8 heteroatoms. The Hall–Kier alpha value is -2.10. The van der Waals surface area contributed by atoms with Gasteiger partial charge in [0.15, 0.2) is 11.8 Å². The first-order valence-electron chi connectivity index (χ1n) is 9.92. The first-order chi connectivity index (χ1) is 13.6. The third kappa shape index (κ3) is 5.94. The van der Waals surface area contributed by atoms with Crippen LogP contribution in [0.4, 0.5) is 5.82 Å². The van der Waals surface area contributed by atoms with E-state index in [1.165, 1.54) is 11.1 Å². The van der Waals surface area contributed by atoms with E-state index in [2.05, 4.69) is 56.3 Å². The zero-order chi connectivity index (χ0) is 19.9. The summed E-state index contributed by atoms with van der Waals surface area (Å²) in [7, 11) is 3.57. The summed E-state index contributed by atoms with van der Waals surface area (Å²) in [5.74, 6) is 1.45. The molecule has 0 bridgehead atoms. The van der Waals surface area contributed by atoms with Gasteiger partial charge >= 0.3 is 0 Å². The van der Waals surface area contributed by atoms with Crippen LogP contribution < -0.4 is 15.8 Å². The third-order valence-electron chi connectivity index (χ3n) is 5.22. The van der Waals surface area contributed by atoms with Crippen LogP contribution in [0.3, 0.4) is 0 Å². The van der Waals surface area contributed by atoms with Crippen LogP contribution in [0.1, 0.15) is 18.1 Å². The lowest BCUT2D eigenvalue weighted by Crippen LogP contribution is -2.53. The fourth-order valence-electron chi connectivity index (χ4n) is 3.42. The van der Waals surface area contributed by atoms with E-state index in [9.17, 15) is 4.79 Å². The molecule has 1 aliphatic rings. The van der Waals surface area contributed by atoms with E-state index in [-0.39, 0.29) is 29.5 Å². The van der Waals surface area contributed by atoms with Crippen LogP contribution in [-0.2, 0) is 19.9 Å². The van der Waals surface area contributed by atoms with Gasteiger partial charge in [-0.05, 0) is 24.0 Å². The van der Waals surface area contributed by atoms with Gasteiger partial charge in [0.25, 0.3) is 5.56 Å². The Labute approximate surface area is 189 Å². The molecule has 0 amide bonds. The monoisotopic (exact) mass is 510 g/mol. The van der Waals surface area contributed by atoms with Gasteiger partial charge in [0.2, 0.25) is 0 Å². The molecule has 1 N–H and O–H groups in total. The van der Waals surface area contributed by atoms with Gasteiger partial charge in [0.1, 0.15) is 0 Å². The SMILES string of the molecule is CCc1ccc(CCNC(=NC)N2CCN(c3nccn(C)c3=O)CC2)cc1.I. The van der Waals surface area contributed by atoms with Crippen LogP contribution in [0, 0.1) is 0 Å². The number of hydrogen-bond donors (Lipinski definition) is 1. The smallest absolute Gasteiger partial charge is 0.293 e. The molecular weight excluding hydrogens is 479 g/mol. The minimum atomic E-state index is -0.0486. The van der Waals surface area contributed by atoms with E-state index >= 15 is 0 Å². The highest BCUT2D eigenvalue weighted by atomic mass is 127. The van der Waals surface area contributed by atoms with Crippen molar-refractivity contribution in [1.29, 1.82) is 0 Å². The van der Waals surface area contributed by atoms with Gasteiger partial charge in [-0.3, -0.25) is 9.79 Å². The molecule has 3 rings (SSSR count). The molecule has 29 heavy (non-hydrogen) atoms. The summed E-state index contributed by atoms with van der Waals surface area (Å²) < 4.78 is 1.57. The fraction of sp³-hybridized carbons (Fsp3) is 0.476. The lowest BCUT2D eigenvalue weighted by Gasteiger charge is -2.36. The highest BCUT2D eigenvalue weighted by Crippen LogP contribution is 2.09. The Balaban J connectivity index is 0.00000300. The Morgan fingerprint density at radius 3 is 2.41 bits per heavy atom. The second-order valence-corrected chi connectivity index (χ2v) is 7.04. The minimum Gasteiger partial charge on any atom is -0.356 e. The van der Waals surface area contributed by atoms with Crippen molar-refractivity contribution < 1.29 is 0 Å². The highest BCUT2D eigenvalue weighted by Gasteiger charge is 2.22. The summed E-state index contributed by atoms with van der Waals surface area (Å²) in [6.45, 7) is 6.15. The zero-order valence-electron chi connectivity index (χ0n) is 17.5. The van der Waals surface area contributed by atoms with Crippen LogP contribution in [-0.4, -0.2) is 60.2 Å². The molecule has 1 saturated heterocycles. The van der Waals surface area contributed by atoms with Crippen LogP contribution in [0.2, 0.25) is 0 Å². The summed E-state index contributed by atoms with van der Waals surface area (Å²) in [6, 6.07) is 8.81. The highest BCUT2D eigenvalue weighted by molar-refractivity contribution is 14.0. The summed E-state index contributed by atoms with van der Waals surface area (Å²) in [4.78, 5) is 25.3. The number of hydrogen-bond acceptors (Lipinski definition) is 4. The van der Waals surface area contributed by atoms with Crippen LogP contribution in [0.15, 0.2) is 46.4 Å². The molecule has 7 nitrogen and oxygen atoms in total. The topological polar surface area (TPSA) is 65.8 Å². The molecule has 0 saturated carbocycles. The number of aromatic nitrogens is 2. The van der Waals surface area contributed by atoms with E-state index in [1.54, 1.807) is 24.0 Å². The second-order valence-electron chi connectivity index (χ2n) is 7.04. The number of halogens is 1. The molecule has 0 unspecified atom stereocenters. The van der Waals surface area contributed by atoms with E-state index in [0.29, 0.717) is 5.82 Å². The summed E-state index contributed by atoms with van der Waals surface area (Å²) >= 11 is 0. The maximum Gasteiger partial charge on any atom is 0.293 e. The first-order valence-corrected chi connectivity index (χ1v) is 9.92. The lowest BCUT2D eigenvalue weighted by molar-refractivity contribution is 0.371. The Morgan fingerprint density at radius 1 is 1.14 bits per heavy atom. The average molecular weight is 510 g/mol. The van der Waals surface area contributed by atoms with Crippen molar-refractivity contribution in [2.75, 3.05) is 44.7 Å². The fourth-order valence-corrected chi connectivity index (χ4v) is 3.42. The van der Waals surface area contributed by atoms with Gasteiger partial charge in [-0.25, -0.2) is 4.98 Å². The number of nitrogens with one attached hydrogen (secondary N) is 1. The number of aryl methyl sites for hydroxylation is 2. The maximum atomic E-state index is 12.3. The Bertz CT molecular complexity index is 856. The maximum absolute atomic E-state index is 12.3. The molecule has 0 spiro atoms. The molecule has 0 radical (unpaired) electrons. The Morgan fingerprint density at radius 2 is 1.79 bits per heavy atom.